The number of nitrogens with one attached hydrogen (secondary N) is 1. The van der Waals surface area contributed by atoms with Gasteiger partial charge in [0, 0.05) is 22.0 Å². The van der Waals surface area contributed by atoms with Crippen LogP contribution in [0.3, 0.4) is 0 Å². The maximum absolute atomic E-state index is 6.33. The third kappa shape index (κ3) is 3.35. The molecular formula is C22H17ClN2O. The van der Waals surface area contributed by atoms with Crippen molar-refractivity contribution in [1.29, 1.82) is 0 Å². The molecule has 0 atom stereocenters. The highest BCUT2D eigenvalue weighted by Crippen LogP contribution is 2.26. The van der Waals surface area contributed by atoms with Crippen LogP contribution >= 0.6 is 11.6 Å². The normalized spacial score (nSPS) is 11.7. The number of aryl methyl sites for hydroxylation is 1. The highest BCUT2D eigenvalue weighted by molar-refractivity contribution is 6.32. The van der Waals surface area contributed by atoms with Gasteiger partial charge in [0.1, 0.15) is 11.3 Å². The van der Waals surface area contributed by atoms with E-state index >= 15 is 0 Å². The predicted molar refractivity (Wildman–Crippen MR) is 107 cm³/mol. The average molecular weight is 361 g/mol. The lowest BCUT2D eigenvalue weighted by Gasteiger charge is -2.07. The van der Waals surface area contributed by atoms with Crippen LogP contribution in [0.5, 0.6) is 0 Å². The van der Waals surface area contributed by atoms with Gasteiger partial charge in [-0.15, -0.1) is 0 Å². The lowest BCUT2D eigenvalue weighted by atomic mass is 10.1. The first-order valence-electron chi connectivity index (χ1n) is 8.35. The molecule has 1 aromatic heterocycles. The molecule has 4 aromatic rings. The predicted octanol–water partition coefficient (Wildman–Crippen LogP) is 5.99. The van der Waals surface area contributed by atoms with E-state index in [0.29, 0.717) is 5.02 Å². The van der Waals surface area contributed by atoms with Crippen molar-refractivity contribution in [3.8, 4) is 11.3 Å². The number of nitrogens with zero attached hydrogens (tertiary/aromatic N) is 1. The molecule has 26 heavy (non-hydrogen) atoms. The van der Waals surface area contributed by atoms with Gasteiger partial charge in [-0.05, 0) is 36.8 Å². The number of benzene rings is 3. The van der Waals surface area contributed by atoms with Gasteiger partial charge in [0.05, 0.1) is 11.0 Å². The summed E-state index contributed by atoms with van der Waals surface area (Å²) in [4.78, 5) is 0. The van der Waals surface area contributed by atoms with Gasteiger partial charge in [-0.3, -0.25) is 5.43 Å². The smallest absolute Gasteiger partial charge is 0.137 e. The Bertz CT molecular complexity index is 1120. The summed E-state index contributed by atoms with van der Waals surface area (Å²) in [5, 5.41) is 6.92. The molecule has 0 radical (unpaired) electrons. The zero-order chi connectivity index (χ0) is 17.9. The summed E-state index contributed by atoms with van der Waals surface area (Å²) < 4.78 is 6.13. The van der Waals surface area contributed by atoms with Crippen LogP contribution in [0.4, 0.5) is 5.69 Å². The highest BCUT2D eigenvalue weighted by Gasteiger charge is 2.08. The van der Waals surface area contributed by atoms with Crippen molar-refractivity contribution in [3.63, 3.8) is 0 Å². The molecule has 3 nitrogen and oxygen atoms in total. The minimum absolute atomic E-state index is 0.691. The first-order chi connectivity index (χ1) is 12.7. The van der Waals surface area contributed by atoms with Crippen LogP contribution in [0.25, 0.3) is 22.3 Å². The van der Waals surface area contributed by atoms with Gasteiger partial charge in [0.2, 0.25) is 0 Å². The largest absolute Gasteiger partial charge is 0.456 e. The van der Waals surface area contributed by atoms with Gasteiger partial charge in [0.25, 0.3) is 0 Å². The Hall–Kier alpha value is -3.04. The Balaban J connectivity index is 1.92. The van der Waals surface area contributed by atoms with Crippen LogP contribution in [0, 0.1) is 6.92 Å². The standard InChI is InChI=1S/C22H17ClN2O/c1-15-12-22-18(13-19(15)23)20(25-24-17-10-6-3-7-11-17)14-21(26-22)16-8-4-2-5-9-16/h2-14,24H,1H3/b25-20-. The molecule has 128 valence electrons. The summed E-state index contributed by atoms with van der Waals surface area (Å²) in [6.07, 6.45) is 0. The molecule has 3 aromatic carbocycles. The zero-order valence-electron chi connectivity index (χ0n) is 14.2. The fourth-order valence-corrected chi connectivity index (χ4v) is 2.93. The summed E-state index contributed by atoms with van der Waals surface area (Å²) in [5.41, 5.74) is 6.74. The first-order valence-corrected chi connectivity index (χ1v) is 8.73. The third-order valence-corrected chi connectivity index (χ3v) is 4.57. The van der Waals surface area contributed by atoms with Crippen molar-refractivity contribution < 1.29 is 4.42 Å². The van der Waals surface area contributed by atoms with Gasteiger partial charge in [-0.1, -0.05) is 60.1 Å². The molecule has 0 aliphatic rings. The quantitative estimate of drug-likeness (QED) is 0.456. The van der Waals surface area contributed by atoms with Crippen LogP contribution in [-0.4, -0.2) is 0 Å². The second-order valence-electron chi connectivity index (χ2n) is 6.05. The van der Waals surface area contributed by atoms with Crippen molar-refractivity contribution in [2.75, 3.05) is 5.43 Å². The molecule has 1 heterocycles. The number of para-hydroxylation sites is 1. The number of halogens is 1. The second kappa shape index (κ2) is 7.06. The Morgan fingerprint density at radius 1 is 0.885 bits per heavy atom. The number of rotatable bonds is 3. The lowest BCUT2D eigenvalue weighted by Crippen LogP contribution is -2.07. The molecule has 0 aliphatic carbocycles. The van der Waals surface area contributed by atoms with Crippen molar-refractivity contribution in [2.24, 2.45) is 5.10 Å². The van der Waals surface area contributed by atoms with Crippen LogP contribution in [0.15, 0.2) is 88.4 Å². The number of hydrogen-bond acceptors (Lipinski definition) is 3. The topological polar surface area (TPSA) is 37.5 Å². The summed E-state index contributed by atoms with van der Waals surface area (Å²) in [7, 11) is 0. The molecule has 0 fully saturated rings. The lowest BCUT2D eigenvalue weighted by molar-refractivity contribution is 0.618. The van der Waals surface area contributed by atoms with E-state index in [-0.39, 0.29) is 0 Å². The minimum atomic E-state index is 0.691. The van der Waals surface area contributed by atoms with Gasteiger partial charge in [0.15, 0.2) is 0 Å². The summed E-state index contributed by atoms with van der Waals surface area (Å²) >= 11 is 6.33. The fraction of sp³-hybridized carbons (Fsp3) is 0.0455. The van der Waals surface area contributed by atoms with E-state index in [4.69, 9.17) is 16.0 Å². The van der Waals surface area contributed by atoms with E-state index in [1.54, 1.807) is 0 Å². The Kier molecular flexibility index (Phi) is 4.46. The average Bonchev–Trinajstić information content (AvgIpc) is 2.68. The van der Waals surface area contributed by atoms with E-state index in [1.165, 1.54) is 0 Å². The number of hydrogen-bond donors (Lipinski definition) is 1. The molecular weight excluding hydrogens is 344 g/mol. The number of fused-ring (bicyclic) bond motifs is 1. The van der Waals surface area contributed by atoms with Crippen molar-refractivity contribution in [3.05, 3.63) is 94.8 Å². The molecule has 0 bridgehead atoms. The van der Waals surface area contributed by atoms with Crippen LogP contribution in [0.1, 0.15) is 5.56 Å². The van der Waals surface area contributed by atoms with Crippen molar-refractivity contribution >= 4 is 28.3 Å². The Morgan fingerprint density at radius 2 is 1.58 bits per heavy atom. The Labute approximate surface area is 156 Å². The Morgan fingerprint density at radius 3 is 2.31 bits per heavy atom. The molecule has 0 aliphatic heterocycles. The molecule has 4 rings (SSSR count). The summed E-state index contributed by atoms with van der Waals surface area (Å²) in [6, 6.07) is 25.6. The van der Waals surface area contributed by atoms with Gasteiger partial charge in [-0.2, -0.15) is 5.10 Å². The van der Waals surface area contributed by atoms with Crippen LogP contribution in [-0.2, 0) is 0 Å². The van der Waals surface area contributed by atoms with E-state index in [0.717, 1.165) is 38.9 Å². The zero-order valence-corrected chi connectivity index (χ0v) is 15.0. The van der Waals surface area contributed by atoms with Crippen molar-refractivity contribution in [1.82, 2.24) is 0 Å². The van der Waals surface area contributed by atoms with Gasteiger partial charge >= 0.3 is 0 Å². The molecule has 0 amide bonds. The molecule has 0 spiro atoms. The molecule has 0 saturated heterocycles. The molecule has 0 unspecified atom stereocenters. The second-order valence-corrected chi connectivity index (χ2v) is 6.46. The van der Waals surface area contributed by atoms with Crippen LogP contribution < -0.4 is 10.8 Å². The molecule has 4 heteroatoms. The van der Waals surface area contributed by atoms with E-state index < -0.39 is 0 Å². The number of anilines is 1. The van der Waals surface area contributed by atoms with Gasteiger partial charge < -0.3 is 4.42 Å². The minimum Gasteiger partial charge on any atom is -0.456 e. The van der Waals surface area contributed by atoms with E-state index in [2.05, 4.69) is 10.5 Å². The maximum Gasteiger partial charge on any atom is 0.137 e. The molecule has 1 N–H and O–H groups in total. The van der Waals surface area contributed by atoms with E-state index in [1.807, 2.05) is 85.8 Å². The third-order valence-electron chi connectivity index (χ3n) is 4.16. The fourth-order valence-electron chi connectivity index (χ4n) is 2.76. The molecule has 0 saturated carbocycles. The van der Waals surface area contributed by atoms with Crippen molar-refractivity contribution in [2.45, 2.75) is 6.92 Å². The van der Waals surface area contributed by atoms with Crippen LogP contribution in [0.2, 0.25) is 5.02 Å². The summed E-state index contributed by atoms with van der Waals surface area (Å²) in [5.74, 6) is 0.758. The SMILES string of the molecule is Cc1cc2oc(-c3ccccc3)c/c(=N/Nc3ccccc3)c2cc1Cl. The monoisotopic (exact) mass is 360 g/mol. The summed E-state index contributed by atoms with van der Waals surface area (Å²) in [6.45, 7) is 1.96. The van der Waals surface area contributed by atoms with Gasteiger partial charge in [-0.25, -0.2) is 0 Å². The highest BCUT2D eigenvalue weighted by atomic mass is 35.5. The maximum atomic E-state index is 6.33. The first kappa shape index (κ1) is 16.4. The van der Waals surface area contributed by atoms with E-state index in [9.17, 15) is 0 Å².